The first-order chi connectivity index (χ1) is 6.31. The van der Waals surface area contributed by atoms with Crippen LogP contribution >= 0.6 is 11.8 Å². The molecule has 0 radical (unpaired) electrons. The molecule has 0 heterocycles. The Kier molecular flexibility index (Phi) is 9.98. The Bertz CT molecular complexity index is 128. The number of ether oxygens (including phenoxy) is 2. The van der Waals surface area contributed by atoms with Crippen LogP contribution < -0.4 is 0 Å². The molecule has 0 atom stereocenters. The van der Waals surface area contributed by atoms with Gasteiger partial charge in [0.25, 0.3) is 0 Å². The molecule has 4 heteroatoms. The second-order valence-electron chi connectivity index (χ2n) is 2.38. The van der Waals surface area contributed by atoms with Gasteiger partial charge >= 0.3 is 0 Å². The zero-order valence-corrected chi connectivity index (χ0v) is 9.19. The molecule has 0 saturated carbocycles. The van der Waals surface area contributed by atoms with E-state index in [1.165, 1.54) is 11.8 Å². The van der Waals surface area contributed by atoms with Crippen LogP contribution in [0.15, 0.2) is 0 Å². The van der Waals surface area contributed by atoms with Gasteiger partial charge in [-0.05, 0) is 6.92 Å². The highest BCUT2D eigenvalue weighted by atomic mass is 32.2. The molecule has 0 rings (SSSR count). The van der Waals surface area contributed by atoms with Crippen LogP contribution in [0.4, 0.5) is 0 Å². The van der Waals surface area contributed by atoms with Crippen LogP contribution in [0.2, 0.25) is 0 Å². The molecular formula is C9H18O3S. The topological polar surface area (TPSA) is 35.5 Å². The maximum absolute atomic E-state index is 10.8. The van der Waals surface area contributed by atoms with Gasteiger partial charge in [-0.1, -0.05) is 18.7 Å². The maximum atomic E-state index is 10.8. The molecule has 0 aromatic rings. The number of carbonyl (C=O) groups is 1. The fourth-order valence-corrected chi connectivity index (χ4v) is 1.31. The van der Waals surface area contributed by atoms with E-state index in [1.807, 2.05) is 13.8 Å². The van der Waals surface area contributed by atoms with Gasteiger partial charge in [-0.2, -0.15) is 0 Å². The summed E-state index contributed by atoms with van der Waals surface area (Å²) in [6.07, 6.45) is 0.601. The summed E-state index contributed by atoms with van der Waals surface area (Å²) in [7, 11) is 0. The highest BCUT2D eigenvalue weighted by molar-refractivity contribution is 8.13. The van der Waals surface area contributed by atoms with Crippen LogP contribution in [0.25, 0.3) is 0 Å². The maximum Gasteiger partial charge on any atom is 0.188 e. The van der Waals surface area contributed by atoms with Gasteiger partial charge in [-0.3, -0.25) is 4.79 Å². The predicted octanol–water partition coefficient (Wildman–Crippen LogP) is 1.71. The van der Waals surface area contributed by atoms with Crippen LogP contribution in [0.3, 0.4) is 0 Å². The second kappa shape index (κ2) is 10.0. The van der Waals surface area contributed by atoms with E-state index < -0.39 is 0 Å². The molecule has 0 fully saturated rings. The standard InChI is InChI=1S/C9H18O3S/c1-3-9(10)13-8-7-12-6-5-11-4-2/h3-8H2,1-2H3. The molecule has 0 aliphatic carbocycles. The van der Waals surface area contributed by atoms with E-state index in [-0.39, 0.29) is 5.12 Å². The monoisotopic (exact) mass is 206 g/mol. The molecule has 0 aliphatic rings. The number of rotatable bonds is 8. The van der Waals surface area contributed by atoms with Gasteiger partial charge in [0.05, 0.1) is 19.8 Å². The zero-order chi connectivity index (χ0) is 9.94. The second-order valence-corrected chi connectivity index (χ2v) is 3.54. The van der Waals surface area contributed by atoms with Gasteiger partial charge in [0, 0.05) is 18.8 Å². The normalized spacial score (nSPS) is 10.3. The molecule has 0 spiro atoms. The summed E-state index contributed by atoms with van der Waals surface area (Å²) in [5.41, 5.74) is 0. The molecule has 0 unspecified atom stereocenters. The van der Waals surface area contributed by atoms with E-state index in [2.05, 4.69) is 0 Å². The Labute approximate surface area is 84.2 Å². The largest absolute Gasteiger partial charge is 0.379 e. The third kappa shape index (κ3) is 9.86. The lowest BCUT2D eigenvalue weighted by molar-refractivity contribution is -0.110. The van der Waals surface area contributed by atoms with Crippen LogP contribution in [0, 0.1) is 0 Å². The highest BCUT2D eigenvalue weighted by Gasteiger charge is 1.97. The van der Waals surface area contributed by atoms with E-state index in [4.69, 9.17) is 9.47 Å². The first-order valence-electron chi connectivity index (χ1n) is 4.62. The Hall–Kier alpha value is -0.0600. The fourth-order valence-electron chi connectivity index (χ4n) is 0.681. The van der Waals surface area contributed by atoms with E-state index in [0.717, 1.165) is 12.4 Å². The predicted molar refractivity (Wildman–Crippen MR) is 55.1 cm³/mol. The molecule has 0 aromatic carbocycles. The summed E-state index contributed by atoms with van der Waals surface area (Å²) in [4.78, 5) is 10.8. The number of hydrogen-bond donors (Lipinski definition) is 0. The van der Waals surface area contributed by atoms with Crippen molar-refractivity contribution in [2.75, 3.05) is 32.2 Å². The summed E-state index contributed by atoms with van der Waals surface area (Å²) in [6, 6.07) is 0. The lowest BCUT2D eigenvalue weighted by Gasteiger charge is -2.03. The minimum Gasteiger partial charge on any atom is -0.379 e. The summed E-state index contributed by atoms with van der Waals surface area (Å²) in [6.45, 7) is 6.44. The summed E-state index contributed by atoms with van der Waals surface area (Å²) in [5, 5.41) is 0.230. The zero-order valence-electron chi connectivity index (χ0n) is 8.38. The Morgan fingerprint density at radius 3 is 2.46 bits per heavy atom. The van der Waals surface area contributed by atoms with Crippen molar-refractivity contribution in [1.82, 2.24) is 0 Å². The van der Waals surface area contributed by atoms with Crippen molar-refractivity contribution < 1.29 is 14.3 Å². The van der Waals surface area contributed by atoms with Crippen molar-refractivity contribution in [2.24, 2.45) is 0 Å². The first kappa shape index (κ1) is 12.9. The molecule has 78 valence electrons. The third-order valence-corrected chi connectivity index (χ3v) is 2.34. The van der Waals surface area contributed by atoms with Gasteiger partial charge in [-0.25, -0.2) is 0 Å². The smallest absolute Gasteiger partial charge is 0.188 e. The van der Waals surface area contributed by atoms with E-state index in [1.54, 1.807) is 0 Å². The van der Waals surface area contributed by atoms with Crippen LogP contribution in [-0.2, 0) is 14.3 Å². The molecule has 0 N–H and O–H groups in total. The Morgan fingerprint density at radius 2 is 1.85 bits per heavy atom. The van der Waals surface area contributed by atoms with E-state index in [9.17, 15) is 4.79 Å². The van der Waals surface area contributed by atoms with Crippen molar-refractivity contribution in [3.63, 3.8) is 0 Å². The molecule has 13 heavy (non-hydrogen) atoms. The van der Waals surface area contributed by atoms with Gasteiger partial charge in [0.1, 0.15) is 0 Å². The number of hydrogen-bond acceptors (Lipinski definition) is 4. The van der Waals surface area contributed by atoms with Gasteiger partial charge in [0.2, 0.25) is 0 Å². The van der Waals surface area contributed by atoms with E-state index in [0.29, 0.717) is 26.2 Å². The van der Waals surface area contributed by atoms with Gasteiger partial charge in [-0.15, -0.1) is 0 Å². The van der Waals surface area contributed by atoms with Crippen LogP contribution in [-0.4, -0.2) is 37.3 Å². The van der Waals surface area contributed by atoms with Crippen LogP contribution in [0.1, 0.15) is 20.3 Å². The molecule has 0 amide bonds. The average molecular weight is 206 g/mol. The summed E-state index contributed by atoms with van der Waals surface area (Å²) in [5.74, 6) is 0.749. The summed E-state index contributed by atoms with van der Waals surface area (Å²) < 4.78 is 10.3. The SMILES string of the molecule is CCOCCOCCSC(=O)CC. The molecular weight excluding hydrogens is 188 g/mol. The van der Waals surface area contributed by atoms with Crippen molar-refractivity contribution in [1.29, 1.82) is 0 Å². The quantitative estimate of drug-likeness (QED) is 0.566. The van der Waals surface area contributed by atoms with Crippen LogP contribution in [0.5, 0.6) is 0 Å². The Balaban J connectivity index is 2.95. The van der Waals surface area contributed by atoms with Crippen molar-refractivity contribution in [2.45, 2.75) is 20.3 Å². The fraction of sp³-hybridized carbons (Fsp3) is 0.889. The number of thioether (sulfide) groups is 1. The Morgan fingerprint density at radius 1 is 1.15 bits per heavy atom. The minimum atomic E-state index is 0.230. The minimum absolute atomic E-state index is 0.230. The van der Waals surface area contributed by atoms with Crippen molar-refractivity contribution in [3.8, 4) is 0 Å². The first-order valence-corrected chi connectivity index (χ1v) is 5.60. The number of carbonyl (C=O) groups excluding carboxylic acids is 1. The molecule has 0 saturated heterocycles. The lowest BCUT2D eigenvalue weighted by Crippen LogP contribution is -2.06. The molecule has 0 aliphatic heterocycles. The van der Waals surface area contributed by atoms with Gasteiger partial charge in [0.15, 0.2) is 5.12 Å². The molecule has 0 aromatic heterocycles. The highest BCUT2D eigenvalue weighted by Crippen LogP contribution is 2.03. The average Bonchev–Trinajstić information content (AvgIpc) is 2.16. The lowest BCUT2D eigenvalue weighted by atomic mass is 10.6. The van der Waals surface area contributed by atoms with Crippen molar-refractivity contribution in [3.05, 3.63) is 0 Å². The third-order valence-electron chi connectivity index (χ3n) is 1.36. The molecule has 3 nitrogen and oxygen atoms in total. The summed E-state index contributed by atoms with van der Waals surface area (Å²) >= 11 is 1.34. The molecule has 0 bridgehead atoms. The van der Waals surface area contributed by atoms with Crippen molar-refractivity contribution >= 4 is 16.9 Å². The van der Waals surface area contributed by atoms with Gasteiger partial charge < -0.3 is 9.47 Å². The van der Waals surface area contributed by atoms with E-state index >= 15 is 0 Å².